The van der Waals surface area contributed by atoms with Crippen LogP contribution in [0.4, 0.5) is 0 Å². The first kappa shape index (κ1) is 13.4. The Kier molecular flexibility index (Phi) is 3.26. The second-order valence-corrected chi connectivity index (χ2v) is 5.48. The third kappa shape index (κ3) is 2.42. The molecule has 21 heavy (non-hydrogen) atoms. The molecule has 0 saturated carbocycles. The molecule has 0 atom stereocenters. The summed E-state index contributed by atoms with van der Waals surface area (Å²) in [6, 6.07) is 14.9. The van der Waals surface area contributed by atoms with E-state index in [0.29, 0.717) is 10.9 Å². The Morgan fingerprint density at radius 2 is 1.71 bits per heavy atom. The maximum atomic E-state index is 12.3. The molecule has 0 aliphatic carbocycles. The number of rotatable bonds is 2. The summed E-state index contributed by atoms with van der Waals surface area (Å²) in [5, 5.41) is 18.6. The first-order chi connectivity index (χ1) is 10.1. The number of hydrogen-bond donors (Lipinski definition) is 1. The van der Waals surface area contributed by atoms with Crippen LogP contribution >= 0.6 is 0 Å². The zero-order valence-electron chi connectivity index (χ0n) is 12.0. The minimum atomic E-state index is -0.211. The Labute approximate surface area is 123 Å². The molecule has 3 aromatic carbocycles. The van der Waals surface area contributed by atoms with E-state index in [1.54, 1.807) is 6.07 Å². The van der Waals surface area contributed by atoms with Crippen LogP contribution in [0.5, 0.6) is 5.75 Å². The van der Waals surface area contributed by atoms with Crippen molar-refractivity contribution in [2.75, 3.05) is 0 Å². The SMILES string of the molecule is CC(C)NC(=O)c1cc([O])c2ccc3ccccc3c2c1. The number of carbonyl (C=O) groups excluding carboxylic acids is 1. The molecule has 3 aromatic rings. The van der Waals surface area contributed by atoms with E-state index in [2.05, 4.69) is 5.32 Å². The lowest BCUT2D eigenvalue weighted by Gasteiger charge is -2.10. The average Bonchev–Trinajstić information content (AvgIpc) is 2.46. The minimum Gasteiger partial charge on any atom is -0.350 e. The normalized spacial score (nSPS) is 11.2. The Morgan fingerprint density at radius 3 is 2.48 bits per heavy atom. The summed E-state index contributed by atoms with van der Waals surface area (Å²) in [6.07, 6.45) is 0. The van der Waals surface area contributed by atoms with Crippen LogP contribution in [-0.4, -0.2) is 11.9 Å². The third-order valence-corrected chi connectivity index (χ3v) is 3.50. The molecule has 0 spiro atoms. The average molecular weight is 278 g/mol. The van der Waals surface area contributed by atoms with Crippen molar-refractivity contribution < 1.29 is 9.90 Å². The first-order valence-electron chi connectivity index (χ1n) is 6.99. The number of benzene rings is 3. The Morgan fingerprint density at radius 1 is 0.952 bits per heavy atom. The largest absolute Gasteiger partial charge is 0.350 e. The molecule has 0 bridgehead atoms. The summed E-state index contributed by atoms with van der Waals surface area (Å²) in [5.41, 5.74) is 0.414. The van der Waals surface area contributed by atoms with Crippen LogP contribution in [0.3, 0.4) is 0 Å². The number of hydrogen-bond acceptors (Lipinski definition) is 1. The highest BCUT2D eigenvalue weighted by Crippen LogP contribution is 2.32. The van der Waals surface area contributed by atoms with Gasteiger partial charge in [0.25, 0.3) is 5.91 Å². The van der Waals surface area contributed by atoms with Gasteiger partial charge in [0.05, 0.1) is 0 Å². The highest BCUT2D eigenvalue weighted by molar-refractivity contribution is 6.12. The van der Waals surface area contributed by atoms with Gasteiger partial charge in [0.1, 0.15) is 0 Å². The molecular weight excluding hydrogens is 262 g/mol. The van der Waals surface area contributed by atoms with E-state index < -0.39 is 0 Å². The quantitative estimate of drug-likeness (QED) is 0.699. The fraction of sp³-hybridized carbons (Fsp3) is 0.167. The number of nitrogens with one attached hydrogen (secondary N) is 1. The van der Waals surface area contributed by atoms with Gasteiger partial charge in [0.2, 0.25) is 0 Å². The summed E-state index contributed by atoms with van der Waals surface area (Å²) in [4.78, 5) is 12.1. The summed E-state index contributed by atoms with van der Waals surface area (Å²) in [5.74, 6) is -0.330. The van der Waals surface area contributed by atoms with Crippen LogP contribution in [0.1, 0.15) is 24.2 Å². The molecule has 1 N–H and O–H groups in total. The summed E-state index contributed by atoms with van der Waals surface area (Å²) in [6.45, 7) is 3.79. The molecule has 0 aliphatic rings. The smallest absolute Gasteiger partial charge is 0.251 e. The Balaban J connectivity index is 2.26. The predicted molar refractivity (Wildman–Crippen MR) is 84.2 cm³/mol. The molecule has 0 aliphatic heterocycles. The number of fused-ring (bicyclic) bond motifs is 3. The predicted octanol–water partition coefficient (Wildman–Crippen LogP) is 4.28. The third-order valence-electron chi connectivity index (χ3n) is 3.50. The zero-order valence-corrected chi connectivity index (χ0v) is 12.0. The second kappa shape index (κ2) is 5.09. The van der Waals surface area contributed by atoms with Gasteiger partial charge < -0.3 is 5.32 Å². The van der Waals surface area contributed by atoms with Gasteiger partial charge in [-0.3, -0.25) is 9.90 Å². The van der Waals surface area contributed by atoms with Crippen molar-refractivity contribution in [3.05, 3.63) is 54.1 Å². The molecule has 0 aromatic heterocycles. The molecule has 3 nitrogen and oxygen atoms in total. The maximum absolute atomic E-state index is 12.3. The second-order valence-electron chi connectivity index (χ2n) is 5.48. The van der Waals surface area contributed by atoms with E-state index in [0.717, 1.165) is 16.2 Å². The van der Waals surface area contributed by atoms with Gasteiger partial charge in [-0.05, 0) is 48.2 Å². The number of amides is 1. The van der Waals surface area contributed by atoms with E-state index in [-0.39, 0.29) is 17.7 Å². The first-order valence-corrected chi connectivity index (χ1v) is 6.99. The molecule has 0 saturated heterocycles. The lowest BCUT2D eigenvalue weighted by atomic mass is 9.99. The summed E-state index contributed by atoms with van der Waals surface area (Å²) >= 11 is 0. The van der Waals surface area contributed by atoms with Crippen molar-refractivity contribution in [3.63, 3.8) is 0 Å². The van der Waals surface area contributed by atoms with Crippen molar-refractivity contribution >= 4 is 27.5 Å². The minimum absolute atomic E-state index is 0.0378. The van der Waals surface area contributed by atoms with Gasteiger partial charge in [-0.15, -0.1) is 0 Å². The number of carbonyl (C=O) groups is 1. The van der Waals surface area contributed by atoms with Crippen molar-refractivity contribution in [1.29, 1.82) is 0 Å². The fourth-order valence-corrected chi connectivity index (χ4v) is 2.56. The van der Waals surface area contributed by atoms with Crippen LogP contribution in [0.2, 0.25) is 0 Å². The molecule has 1 amide bonds. The zero-order chi connectivity index (χ0) is 15.0. The van der Waals surface area contributed by atoms with Gasteiger partial charge in [-0.25, -0.2) is 0 Å². The van der Waals surface area contributed by atoms with Gasteiger partial charge in [-0.1, -0.05) is 30.3 Å². The van der Waals surface area contributed by atoms with E-state index >= 15 is 0 Å². The van der Waals surface area contributed by atoms with Crippen molar-refractivity contribution in [3.8, 4) is 5.75 Å². The molecular formula is C18H16NO2. The summed E-state index contributed by atoms with van der Waals surface area (Å²) < 4.78 is 0. The molecule has 0 unspecified atom stereocenters. The summed E-state index contributed by atoms with van der Waals surface area (Å²) in [7, 11) is 0. The lowest BCUT2D eigenvalue weighted by molar-refractivity contribution is 0.0942. The lowest BCUT2D eigenvalue weighted by Crippen LogP contribution is -2.29. The van der Waals surface area contributed by atoms with Crippen LogP contribution in [0.15, 0.2) is 48.5 Å². The highest BCUT2D eigenvalue weighted by atomic mass is 16.3. The van der Waals surface area contributed by atoms with Gasteiger partial charge in [0.15, 0.2) is 5.75 Å². The Bertz CT molecular complexity index is 837. The van der Waals surface area contributed by atoms with Gasteiger partial charge in [0, 0.05) is 17.0 Å². The standard InChI is InChI=1S/C18H16NO2/c1-11(2)19-18(21)13-9-16-14-6-4-3-5-12(14)7-8-15(16)17(20)10-13/h3-11H,1-2H3,(H,19,21). The molecule has 0 fully saturated rings. The van der Waals surface area contributed by atoms with Crippen molar-refractivity contribution in [2.45, 2.75) is 19.9 Å². The van der Waals surface area contributed by atoms with E-state index in [1.807, 2.05) is 50.2 Å². The Hall–Kier alpha value is -2.55. The molecule has 105 valence electrons. The topological polar surface area (TPSA) is 49.0 Å². The van der Waals surface area contributed by atoms with Crippen molar-refractivity contribution in [2.24, 2.45) is 0 Å². The van der Waals surface area contributed by atoms with Crippen LogP contribution in [0.25, 0.3) is 21.5 Å². The van der Waals surface area contributed by atoms with Gasteiger partial charge in [-0.2, -0.15) is 0 Å². The van der Waals surface area contributed by atoms with E-state index in [4.69, 9.17) is 0 Å². The van der Waals surface area contributed by atoms with Crippen LogP contribution in [-0.2, 0) is 5.11 Å². The maximum Gasteiger partial charge on any atom is 0.251 e. The monoisotopic (exact) mass is 278 g/mol. The molecule has 0 heterocycles. The van der Waals surface area contributed by atoms with E-state index in [9.17, 15) is 9.90 Å². The molecule has 3 rings (SSSR count). The van der Waals surface area contributed by atoms with Crippen LogP contribution in [0, 0.1) is 0 Å². The highest BCUT2D eigenvalue weighted by Gasteiger charge is 2.13. The fourth-order valence-electron chi connectivity index (χ4n) is 2.56. The van der Waals surface area contributed by atoms with E-state index in [1.165, 1.54) is 6.07 Å². The van der Waals surface area contributed by atoms with Crippen molar-refractivity contribution in [1.82, 2.24) is 5.32 Å². The molecule has 3 heteroatoms. The van der Waals surface area contributed by atoms with Gasteiger partial charge >= 0.3 is 0 Å². The molecule has 1 radical (unpaired) electrons. The van der Waals surface area contributed by atoms with Crippen LogP contribution < -0.4 is 5.32 Å².